The van der Waals surface area contributed by atoms with Crippen molar-refractivity contribution in [3.05, 3.63) is 65.0 Å². The van der Waals surface area contributed by atoms with E-state index in [9.17, 15) is 18.3 Å². The fourth-order valence-corrected chi connectivity index (χ4v) is 3.90. The van der Waals surface area contributed by atoms with E-state index >= 15 is 0 Å². The average Bonchev–Trinajstić information content (AvgIpc) is 2.66. The smallest absolute Gasteiger partial charge is 0.165 e. The second-order valence-electron chi connectivity index (χ2n) is 7.35. The van der Waals surface area contributed by atoms with E-state index < -0.39 is 22.9 Å². The summed E-state index contributed by atoms with van der Waals surface area (Å²) in [5.41, 5.74) is 0.840. The van der Waals surface area contributed by atoms with Crippen molar-refractivity contribution in [3.8, 4) is 5.75 Å². The van der Waals surface area contributed by atoms with Crippen LogP contribution in [0.5, 0.6) is 5.75 Å². The third kappa shape index (κ3) is 4.62. The number of aliphatic hydroxyl groups excluding tert-OH is 1. The molecule has 0 aliphatic carbocycles. The Bertz CT molecular complexity index is 799. The van der Waals surface area contributed by atoms with Gasteiger partial charge in [-0.05, 0) is 55.1 Å². The highest BCUT2D eigenvalue weighted by atomic mass is 19.1. The zero-order valence-electron chi connectivity index (χ0n) is 15.4. The maximum Gasteiger partial charge on any atom is 0.165 e. The Balaban J connectivity index is 1.74. The number of rotatable bonds is 6. The van der Waals surface area contributed by atoms with Crippen LogP contribution in [0.25, 0.3) is 0 Å². The van der Waals surface area contributed by atoms with Crippen LogP contribution in [0.15, 0.2) is 36.4 Å². The van der Waals surface area contributed by atoms with E-state index in [-0.39, 0.29) is 12.4 Å². The number of hydrogen-bond acceptors (Lipinski definition) is 3. The molecule has 1 N–H and O–H groups in total. The molecule has 0 saturated carbocycles. The van der Waals surface area contributed by atoms with Gasteiger partial charge in [0.05, 0.1) is 13.7 Å². The van der Waals surface area contributed by atoms with Gasteiger partial charge in [0.1, 0.15) is 11.6 Å². The van der Waals surface area contributed by atoms with Gasteiger partial charge in [-0.1, -0.05) is 12.1 Å². The quantitative estimate of drug-likeness (QED) is 0.826. The second-order valence-corrected chi connectivity index (χ2v) is 7.35. The lowest BCUT2D eigenvalue weighted by atomic mass is 9.75. The highest BCUT2D eigenvalue weighted by molar-refractivity contribution is 5.30. The number of hydrogen-bond donors (Lipinski definition) is 1. The predicted molar refractivity (Wildman–Crippen MR) is 97.0 cm³/mol. The fourth-order valence-electron chi connectivity index (χ4n) is 3.90. The molecular formula is C21H24F3NO2. The maximum absolute atomic E-state index is 14.1. The molecule has 1 aliphatic rings. The van der Waals surface area contributed by atoms with E-state index in [4.69, 9.17) is 4.74 Å². The molecule has 2 aromatic carbocycles. The number of benzene rings is 2. The molecule has 1 aliphatic heterocycles. The Morgan fingerprint density at radius 2 is 1.93 bits per heavy atom. The normalized spacial score (nSPS) is 20.6. The third-order valence-electron chi connectivity index (χ3n) is 5.28. The van der Waals surface area contributed by atoms with E-state index in [1.54, 1.807) is 12.1 Å². The lowest BCUT2D eigenvalue weighted by Crippen LogP contribution is -2.46. The molecule has 0 amide bonds. The molecule has 27 heavy (non-hydrogen) atoms. The lowest BCUT2D eigenvalue weighted by Gasteiger charge is -2.42. The summed E-state index contributed by atoms with van der Waals surface area (Å²) in [7, 11) is 1.43. The average molecular weight is 379 g/mol. The van der Waals surface area contributed by atoms with Crippen molar-refractivity contribution in [3.63, 3.8) is 0 Å². The molecule has 3 rings (SSSR count). The molecule has 1 heterocycles. The van der Waals surface area contributed by atoms with Crippen molar-refractivity contribution >= 4 is 0 Å². The first kappa shape index (κ1) is 19.7. The topological polar surface area (TPSA) is 32.7 Å². The summed E-state index contributed by atoms with van der Waals surface area (Å²) in [6.07, 6.45) is 1.98. The maximum atomic E-state index is 14.1. The Morgan fingerprint density at radius 3 is 2.63 bits per heavy atom. The first-order chi connectivity index (χ1) is 12.9. The Kier molecular flexibility index (Phi) is 6.07. The molecule has 0 aromatic heterocycles. The molecule has 3 nitrogen and oxygen atoms in total. The number of likely N-dealkylation sites (tertiary alicyclic amines) is 1. The van der Waals surface area contributed by atoms with Gasteiger partial charge in [0.2, 0.25) is 0 Å². The molecule has 0 spiro atoms. The van der Waals surface area contributed by atoms with Crippen molar-refractivity contribution in [2.24, 2.45) is 5.41 Å². The summed E-state index contributed by atoms with van der Waals surface area (Å²) in [5.74, 6) is -1.39. The molecule has 2 aromatic rings. The van der Waals surface area contributed by atoms with Crippen LogP contribution in [0.3, 0.4) is 0 Å². The Hall–Kier alpha value is -2.05. The van der Waals surface area contributed by atoms with Crippen LogP contribution in [0, 0.1) is 22.9 Å². The minimum absolute atomic E-state index is 0.0763. The van der Waals surface area contributed by atoms with Crippen LogP contribution in [0.4, 0.5) is 13.2 Å². The van der Waals surface area contributed by atoms with Crippen LogP contribution in [0.2, 0.25) is 0 Å². The van der Waals surface area contributed by atoms with Gasteiger partial charge < -0.3 is 9.84 Å². The summed E-state index contributed by atoms with van der Waals surface area (Å²) in [6.45, 7) is 1.94. The lowest BCUT2D eigenvalue weighted by molar-refractivity contribution is 0.0282. The molecule has 0 unspecified atom stereocenters. The van der Waals surface area contributed by atoms with Gasteiger partial charge in [-0.3, -0.25) is 4.90 Å². The molecule has 6 heteroatoms. The number of methoxy groups -OCH3 is 1. The van der Waals surface area contributed by atoms with Crippen molar-refractivity contribution in [1.82, 2.24) is 4.90 Å². The van der Waals surface area contributed by atoms with E-state index in [0.29, 0.717) is 25.1 Å². The van der Waals surface area contributed by atoms with Crippen LogP contribution in [-0.2, 0) is 13.0 Å². The molecular weight excluding hydrogens is 355 g/mol. The van der Waals surface area contributed by atoms with Gasteiger partial charge in [0.25, 0.3) is 0 Å². The number of piperidine rings is 1. The largest absolute Gasteiger partial charge is 0.494 e. The van der Waals surface area contributed by atoms with Crippen molar-refractivity contribution < 1.29 is 23.0 Å². The molecule has 0 radical (unpaired) electrons. The minimum Gasteiger partial charge on any atom is -0.494 e. The highest BCUT2D eigenvalue weighted by Crippen LogP contribution is 2.35. The fraction of sp³-hybridized carbons (Fsp3) is 0.429. The first-order valence-electron chi connectivity index (χ1n) is 9.04. The van der Waals surface area contributed by atoms with Crippen molar-refractivity contribution in [1.29, 1.82) is 0 Å². The van der Waals surface area contributed by atoms with Crippen LogP contribution < -0.4 is 4.74 Å². The summed E-state index contributed by atoms with van der Waals surface area (Å²) >= 11 is 0. The summed E-state index contributed by atoms with van der Waals surface area (Å²) in [6, 6.07) is 8.34. The molecule has 0 bridgehead atoms. The summed E-state index contributed by atoms with van der Waals surface area (Å²) < 4.78 is 45.9. The summed E-state index contributed by atoms with van der Waals surface area (Å²) in [4.78, 5) is 2.17. The zero-order chi connectivity index (χ0) is 19.4. The van der Waals surface area contributed by atoms with Crippen molar-refractivity contribution in [2.45, 2.75) is 25.8 Å². The first-order valence-corrected chi connectivity index (χ1v) is 9.04. The van der Waals surface area contributed by atoms with Crippen LogP contribution >= 0.6 is 0 Å². The summed E-state index contributed by atoms with van der Waals surface area (Å²) in [5, 5.41) is 10.1. The van der Waals surface area contributed by atoms with Crippen LogP contribution in [0.1, 0.15) is 24.0 Å². The van der Waals surface area contributed by atoms with Gasteiger partial charge in [-0.2, -0.15) is 0 Å². The highest BCUT2D eigenvalue weighted by Gasteiger charge is 2.36. The SMILES string of the molecule is COc1cc(CN2CCC[C@](CO)(Cc3ccc(F)cc3F)C2)ccc1F. The number of halogens is 3. The van der Waals surface area contributed by atoms with E-state index in [0.717, 1.165) is 31.0 Å². The monoisotopic (exact) mass is 379 g/mol. The Morgan fingerprint density at radius 1 is 1.11 bits per heavy atom. The molecule has 1 atom stereocenters. The Labute approximate surface area is 157 Å². The van der Waals surface area contributed by atoms with Crippen LogP contribution in [-0.4, -0.2) is 36.8 Å². The van der Waals surface area contributed by atoms with Gasteiger partial charge >= 0.3 is 0 Å². The predicted octanol–water partition coefficient (Wildman–Crippen LogP) is 3.93. The molecule has 146 valence electrons. The standard InChI is InChI=1S/C21H24F3NO2/c1-27-20-9-15(3-6-18(20)23)12-25-8-2-7-21(13-25,14-26)11-16-4-5-17(22)10-19(16)24/h3-6,9-10,26H,2,7-8,11-14H2,1H3/t21-/m0/s1. The number of nitrogens with zero attached hydrogens (tertiary/aromatic N) is 1. The van der Waals surface area contributed by atoms with Crippen molar-refractivity contribution in [2.75, 3.05) is 26.8 Å². The number of ether oxygens (including phenoxy) is 1. The van der Waals surface area contributed by atoms with Gasteiger partial charge in [0.15, 0.2) is 11.6 Å². The van der Waals surface area contributed by atoms with E-state index in [1.807, 2.05) is 0 Å². The molecule has 1 saturated heterocycles. The van der Waals surface area contributed by atoms with Gasteiger partial charge in [-0.15, -0.1) is 0 Å². The zero-order valence-corrected chi connectivity index (χ0v) is 15.4. The second kappa shape index (κ2) is 8.31. The van der Waals surface area contributed by atoms with Gasteiger partial charge in [0, 0.05) is 24.6 Å². The number of aliphatic hydroxyl groups is 1. The molecule has 1 fully saturated rings. The van der Waals surface area contributed by atoms with E-state index in [2.05, 4.69) is 4.90 Å². The van der Waals surface area contributed by atoms with E-state index in [1.165, 1.54) is 25.3 Å². The third-order valence-corrected chi connectivity index (χ3v) is 5.28. The van der Waals surface area contributed by atoms with Gasteiger partial charge in [-0.25, -0.2) is 13.2 Å². The minimum atomic E-state index is -0.607.